The van der Waals surface area contributed by atoms with Crippen LogP contribution in [0.3, 0.4) is 0 Å². The molecule has 2 aromatic carbocycles. The maximum Gasteiger partial charge on any atom is 0.257 e. The highest BCUT2D eigenvalue weighted by Crippen LogP contribution is 2.32. The van der Waals surface area contributed by atoms with Crippen molar-refractivity contribution >= 4 is 23.2 Å². The lowest BCUT2D eigenvalue weighted by molar-refractivity contribution is 0.102. The summed E-state index contributed by atoms with van der Waals surface area (Å²) in [4.78, 5) is 16.9. The summed E-state index contributed by atoms with van der Waals surface area (Å²) in [5, 5.41) is 3.45. The van der Waals surface area contributed by atoms with Gasteiger partial charge in [0.25, 0.3) is 5.91 Å². The molecule has 0 spiro atoms. The summed E-state index contributed by atoms with van der Waals surface area (Å²) in [6.07, 6.45) is 1.57. The van der Waals surface area contributed by atoms with Crippen molar-refractivity contribution in [2.45, 2.75) is 19.8 Å². The molecule has 0 bridgehead atoms. The average Bonchev–Trinajstić information content (AvgIpc) is 2.69. The number of benzene rings is 2. The molecule has 0 fully saturated rings. The number of nitrogens with zero attached hydrogens (tertiary/aromatic N) is 1. The molecule has 0 saturated heterocycles. The van der Waals surface area contributed by atoms with Gasteiger partial charge in [0.05, 0.1) is 18.4 Å². The normalized spacial score (nSPS) is 10.7. The van der Waals surface area contributed by atoms with Crippen molar-refractivity contribution in [3.63, 3.8) is 0 Å². The van der Waals surface area contributed by atoms with Crippen LogP contribution >= 0.6 is 11.6 Å². The first kappa shape index (κ1) is 18.9. The number of hydrogen-bond acceptors (Lipinski definition) is 3. The highest BCUT2D eigenvalue weighted by atomic mass is 35.5. The molecule has 138 valence electrons. The number of aromatic nitrogens is 1. The van der Waals surface area contributed by atoms with E-state index in [1.165, 1.54) is 5.56 Å². The van der Waals surface area contributed by atoms with E-state index in [1.54, 1.807) is 43.6 Å². The van der Waals surface area contributed by atoms with Crippen molar-refractivity contribution < 1.29 is 9.53 Å². The van der Waals surface area contributed by atoms with E-state index in [9.17, 15) is 4.79 Å². The zero-order valence-corrected chi connectivity index (χ0v) is 16.2. The van der Waals surface area contributed by atoms with Gasteiger partial charge in [-0.2, -0.15) is 0 Å². The minimum atomic E-state index is -0.223. The van der Waals surface area contributed by atoms with Crippen LogP contribution in [-0.4, -0.2) is 18.0 Å². The van der Waals surface area contributed by atoms with E-state index < -0.39 is 0 Å². The largest absolute Gasteiger partial charge is 0.496 e. The first-order valence-electron chi connectivity index (χ1n) is 8.69. The molecule has 3 rings (SSSR count). The number of amides is 1. The Morgan fingerprint density at radius 3 is 2.41 bits per heavy atom. The van der Waals surface area contributed by atoms with Gasteiger partial charge in [-0.05, 0) is 60.0 Å². The maximum atomic E-state index is 12.4. The first-order chi connectivity index (χ1) is 13.0. The lowest BCUT2D eigenvalue weighted by Gasteiger charge is -2.13. The molecule has 5 heteroatoms. The number of ether oxygens (including phenoxy) is 1. The highest BCUT2D eigenvalue weighted by Gasteiger charge is 2.12. The fraction of sp³-hybridized carbons (Fsp3) is 0.182. The summed E-state index contributed by atoms with van der Waals surface area (Å²) in [7, 11) is 1.64. The molecular formula is C22H21ClN2O2. The Morgan fingerprint density at radius 1 is 1.07 bits per heavy atom. The van der Waals surface area contributed by atoms with Crippen molar-refractivity contribution in [3.05, 3.63) is 76.9 Å². The Kier molecular flexibility index (Phi) is 5.77. The van der Waals surface area contributed by atoms with E-state index >= 15 is 0 Å². The third-order valence-corrected chi connectivity index (χ3v) is 4.55. The van der Waals surface area contributed by atoms with E-state index in [4.69, 9.17) is 16.3 Å². The van der Waals surface area contributed by atoms with Crippen molar-refractivity contribution in [3.8, 4) is 17.0 Å². The number of halogens is 1. The maximum absolute atomic E-state index is 12.4. The van der Waals surface area contributed by atoms with Gasteiger partial charge in [0.2, 0.25) is 0 Å². The van der Waals surface area contributed by atoms with Gasteiger partial charge in [-0.1, -0.05) is 31.5 Å². The van der Waals surface area contributed by atoms with Crippen molar-refractivity contribution in [1.29, 1.82) is 0 Å². The number of rotatable bonds is 5. The smallest absolute Gasteiger partial charge is 0.257 e. The van der Waals surface area contributed by atoms with Crippen LogP contribution in [0.4, 0.5) is 5.69 Å². The van der Waals surface area contributed by atoms with E-state index in [-0.39, 0.29) is 5.91 Å². The Labute approximate surface area is 164 Å². The number of anilines is 1. The standard InChI is InChI=1S/C22H21ClN2O2/c1-14(2)15-5-11-21(27-3)19(12-15)20-10-4-16(13-24-20)22(26)25-18-8-6-17(23)7-9-18/h4-14H,1-3H3,(H,25,26). The molecule has 0 aliphatic heterocycles. The van der Waals surface area contributed by atoms with Crippen LogP contribution in [0.2, 0.25) is 5.02 Å². The molecule has 0 radical (unpaired) electrons. The second-order valence-electron chi connectivity index (χ2n) is 6.51. The van der Waals surface area contributed by atoms with Gasteiger partial charge in [-0.15, -0.1) is 0 Å². The summed E-state index contributed by atoms with van der Waals surface area (Å²) < 4.78 is 5.47. The van der Waals surface area contributed by atoms with Crippen LogP contribution in [0.25, 0.3) is 11.3 Å². The Balaban J connectivity index is 1.83. The van der Waals surface area contributed by atoms with Gasteiger partial charge >= 0.3 is 0 Å². The van der Waals surface area contributed by atoms with Crippen LogP contribution in [0.1, 0.15) is 35.7 Å². The summed E-state index contributed by atoms with van der Waals surface area (Å²) in [6, 6.07) is 16.6. The predicted molar refractivity (Wildman–Crippen MR) is 110 cm³/mol. The third-order valence-electron chi connectivity index (χ3n) is 4.29. The molecule has 3 aromatic rings. The van der Waals surface area contributed by atoms with E-state index in [0.717, 1.165) is 17.0 Å². The lowest BCUT2D eigenvalue weighted by atomic mass is 9.98. The van der Waals surface area contributed by atoms with E-state index in [2.05, 4.69) is 36.3 Å². The van der Waals surface area contributed by atoms with Crippen molar-refractivity contribution in [1.82, 2.24) is 4.98 Å². The van der Waals surface area contributed by atoms with Gasteiger partial charge in [0, 0.05) is 22.5 Å². The predicted octanol–water partition coefficient (Wildman–Crippen LogP) is 5.79. The number of pyridine rings is 1. The fourth-order valence-corrected chi connectivity index (χ4v) is 2.83. The molecule has 0 aliphatic carbocycles. The molecule has 1 aromatic heterocycles. The SMILES string of the molecule is COc1ccc(C(C)C)cc1-c1ccc(C(=O)Nc2ccc(Cl)cc2)cn1. The molecule has 27 heavy (non-hydrogen) atoms. The summed E-state index contributed by atoms with van der Waals surface area (Å²) in [6.45, 7) is 4.28. The third kappa shape index (κ3) is 4.47. The summed E-state index contributed by atoms with van der Waals surface area (Å²) >= 11 is 5.86. The highest BCUT2D eigenvalue weighted by molar-refractivity contribution is 6.30. The molecule has 0 atom stereocenters. The molecule has 0 saturated carbocycles. The van der Waals surface area contributed by atoms with E-state index in [1.807, 2.05) is 12.1 Å². The zero-order chi connectivity index (χ0) is 19.4. The quantitative estimate of drug-likeness (QED) is 0.609. The molecule has 0 aliphatic rings. The van der Waals surface area contributed by atoms with Crippen LogP contribution in [0, 0.1) is 0 Å². The van der Waals surface area contributed by atoms with Gasteiger partial charge in [-0.3, -0.25) is 9.78 Å². The second kappa shape index (κ2) is 8.23. The topological polar surface area (TPSA) is 51.2 Å². The van der Waals surface area contributed by atoms with Gasteiger partial charge < -0.3 is 10.1 Å². The number of hydrogen-bond donors (Lipinski definition) is 1. The number of nitrogens with one attached hydrogen (secondary N) is 1. The van der Waals surface area contributed by atoms with Crippen LogP contribution in [0.15, 0.2) is 60.8 Å². The minimum absolute atomic E-state index is 0.223. The number of carbonyl (C=O) groups excluding carboxylic acids is 1. The van der Waals surface area contributed by atoms with Crippen LogP contribution in [-0.2, 0) is 0 Å². The molecular weight excluding hydrogens is 360 g/mol. The molecule has 1 heterocycles. The Bertz CT molecular complexity index is 936. The second-order valence-corrected chi connectivity index (χ2v) is 6.94. The average molecular weight is 381 g/mol. The first-order valence-corrected chi connectivity index (χ1v) is 9.07. The zero-order valence-electron chi connectivity index (χ0n) is 15.5. The van der Waals surface area contributed by atoms with Gasteiger partial charge in [0.1, 0.15) is 5.75 Å². The van der Waals surface area contributed by atoms with Crippen molar-refractivity contribution in [2.75, 3.05) is 12.4 Å². The number of carbonyl (C=O) groups is 1. The molecule has 1 amide bonds. The Morgan fingerprint density at radius 2 is 1.81 bits per heavy atom. The summed E-state index contributed by atoms with van der Waals surface area (Å²) in [5.41, 5.74) is 4.04. The van der Waals surface area contributed by atoms with Gasteiger partial charge in [-0.25, -0.2) is 0 Å². The monoisotopic (exact) mass is 380 g/mol. The van der Waals surface area contributed by atoms with E-state index in [0.29, 0.717) is 22.2 Å². The van der Waals surface area contributed by atoms with Crippen LogP contribution in [0.5, 0.6) is 5.75 Å². The van der Waals surface area contributed by atoms with Crippen molar-refractivity contribution in [2.24, 2.45) is 0 Å². The molecule has 4 nitrogen and oxygen atoms in total. The lowest BCUT2D eigenvalue weighted by Crippen LogP contribution is -2.12. The van der Waals surface area contributed by atoms with Gasteiger partial charge in [0.15, 0.2) is 0 Å². The van der Waals surface area contributed by atoms with Crippen LogP contribution < -0.4 is 10.1 Å². The fourth-order valence-electron chi connectivity index (χ4n) is 2.71. The summed E-state index contributed by atoms with van der Waals surface area (Å²) in [5.74, 6) is 0.934. The Hall–Kier alpha value is -2.85. The minimum Gasteiger partial charge on any atom is -0.496 e. The molecule has 1 N–H and O–H groups in total. The number of methoxy groups -OCH3 is 1. The molecule has 0 unspecified atom stereocenters.